The van der Waals surface area contributed by atoms with E-state index in [0.717, 1.165) is 16.9 Å². The molecule has 0 atom stereocenters. The molecule has 0 heterocycles. The maximum absolute atomic E-state index is 12.2. The van der Waals surface area contributed by atoms with E-state index in [1.54, 1.807) is 7.11 Å². The highest BCUT2D eigenvalue weighted by molar-refractivity contribution is 5.98. The van der Waals surface area contributed by atoms with Crippen molar-refractivity contribution in [3.05, 3.63) is 59.2 Å². The molecular weight excluding hydrogens is 330 g/mol. The molecule has 5 nitrogen and oxygen atoms in total. The van der Waals surface area contributed by atoms with Crippen molar-refractivity contribution in [2.75, 3.05) is 20.3 Å². The van der Waals surface area contributed by atoms with Gasteiger partial charge in [0.05, 0.1) is 13.7 Å². The molecule has 0 saturated carbocycles. The number of carbonyl (C=O) groups is 2. The van der Waals surface area contributed by atoms with Gasteiger partial charge in [-0.1, -0.05) is 12.1 Å². The molecule has 0 aliphatic carbocycles. The number of nitrogens with one attached hydrogen (secondary N) is 1. The number of methoxy groups -OCH3 is 1. The van der Waals surface area contributed by atoms with Crippen LogP contribution in [0.5, 0.6) is 11.5 Å². The summed E-state index contributed by atoms with van der Waals surface area (Å²) < 4.78 is 10.6. The van der Waals surface area contributed by atoms with Crippen LogP contribution >= 0.6 is 0 Å². The third-order valence-electron chi connectivity index (χ3n) is 4.16. The lowest BCUT2D eigenvalue weighted by Gasteiger charge is -2.08. The Morgan fingerprint density at radius 1 is 0.923 bits per heavy atom. The molecule has 0 aliphatic rings. The molecule has 0 radical (unpaired) electrons. The van der Waals surface area contributed by atoms with Crippen LogP contribution in [0.3, 0.4) is 0 Å². The molecule has 2 aromatic carbocycles. The monoisotopic (exact) mass is 355 g/mol. The number of rotatable bonds is 9. The van der Waals surface area contributed by atoms with Crippen molar-refractivity contribution in [3.8, 4) is 11.5 Å². The molecule has 2 aromatic rings. The van der Waals surface area contributed by atoms with Crippen molar-refractivity contribution in [1.29, 1.82) is 0 Å². The molecule has 0 aromatic heterocycles. The summed E-state index contributed by atoms with van der Waals surface area (Å²) in [6.45, 7) is 4.73. The minimum Gasteiger partial charge on any atom is -0.497 e. The smallest absolute Gasteiger partial charge is 0.220 e. The number of aryl methyl sites for hydroxylation is 2. The first-order valence-corrected chi connectivity index (χ1v) is 8.63. The van der Waals surface area contributed by atoms with E-state index in [4.69, 9.17) is 9.47 Å². The van der Waals surface area contributed by atoms with Crippen LogP contribution in [0.2, 0.25) is 0 Å². The normalized spacial score (nSPS) is 10.3. The first-order valence-electron chi connectivity index (χ1n) is 8.63. The Morgan fingerprint density at radius 3 is 2.27 bits per heavy atom. The van der Waals surface area contributed by atoms with Crippen LogP contribution in [0.1, 0.15) is 34.3 Å². The standard InChI is InChI=1S/C21H25NO4/c1-15-4-5-17(14-16(15)2)20(23)10-11-21(24)22-12-13-26-19-8-6-18(25-3)7-9-19/h4-9,14H,10-13H2,1-3H3,(H,22,24). The lowest BCUT2D eigenvalue weighted by molar-refractivity contribution is -0.121. The highest BCUT2D eigenvalue weighted by Crippen LogP contribution is 2.16. The molecule has 2 rings (SSSR count). The van der Waals surface area contributed by atoms with Gasteiger partial charge in [-0.3, -0.25) is 9.59 Å². The molecular formula is C21H25NO4. The van der Waals surface area contributed by atoms with Gasteiger partial charge in [-0.15, -0.1) is 0 Å². The van der Waals surface area contributed by atoms with E-state index in [1.807, 2.05) is 56.3 Å². The maximum atomic E-state index is 12.2. The lowest BCUT2D eigenvalue weighted by atomic mass is 10.0. The summed E-state index contributed by atoms with van der Waals surface area (Å²) in [7, 11) is 1.61. The van der Waals surface area contributed by atoms with Gasteiger partial charge in [-0.05, 0) is 55.3 Å². The average molecular weight is 355 g/mol. The number of carbonyl (C=O) groups excluding carboxylic acids is 2. The Balaban J connectivity index is 1.66. The van der Waals surface area contributed by atoms with E-state index in [9.17, 15) is 9.59 Å². The quantitative estimate of drug-likeness (QED) is 0.553. The fraction of sp³-hybridized carbons (Fsp3) is 0.333. The SMILES string of the molecule is COc1ccc(OCCNC(=O)CCC(=O)c2ccc(C)c(C)c2)cc1. The summed E-state index contributed by atoms with van der Waals surface area (Å²) in [5, 5.41) is 2.76. The van der Waals surface area contributed by atoms with Crippen LogP contribution in [0, 0.1) is 13.8 Å². The summed E-state index contributed by atoms with van der Waals surface area (Å²) in [6.07, 6.45) is 0.377. The van der Waals surface area contributed by atoms with E-state index in [2.05, 4.69) is 5.32 Å². The Labute approximate surface area is 154 Å². The molecule has 0 spiro atoms. The van der Waals surface area contributed by atoms with Crippen LogP contribution < -0.4 is 14.8 Å². The predicted molar refractivity (Wildman–Crippen MR) is 101 cm³/mol. The van der Waals surface area contributed by atoms with Gasteiger partial charge in [0.15, 0.2) is 5.78 Å². The van der Waals surface area contributed by atoms with Crippen LogP contribution in [-0.2, 0) is 4.79 Å². The van der Waals surface area contributed by atoms with Crippen molar-refractivity contribution in [3.63, 3.8) is 0 Å². The molecule has 138 valence electrons. The predicted octanol–water partition coefficient (Wildman–Crippen LogP) is 3.47. The summed E-state index contributed by atoms with van der Waals surface area (Å²) in [6, 6.07) is 12.9. The number of ether oxygens (including phenoxy) is 2. The van der Waals surface area contributed by atoms with Crippen molar-refractivity contribution >= 4 is 11.7 Å². The number of amides is 1. The van der Waals surface area contributed by atoms with Crippen LogP contribution in [0.25, 0.3) is 0 Å². The van der Waals surface area contributed by atoms with Crippen LogP contribution in [0.15, 0.2) is 42.5 Å². The van der Waals surface area contributed by atoms with E-state index in [1.165, 1.54) is 0 Å². The second kappa shape index (κ2) is 9.61. The Bertz CT molecular complexity index is 753. The van der Waals surface area contributed by atoms with Crippen molar-refractivity contribution in [1.82, 2.24) is 5.32 Å². The molecule has 0 fully saturated rings. The molecule has 26 heavy (non-hydrogen) atoms. The number of hydrogen-bond acceptors (Lipinski definition) is 4. The van der Waals surface area contributed by atoms with Gasteiger partial charge >= 0.3 is 0 Å². The number of hydrogen-bond donors (Lipinski definition) is 1. The van der Waals surface area contributed by atoms with Crippen LogP contribution in [-0.4, -0.2) is 32.0 Å². The molecule has 0 unspecified atom stereocenters. The largest absolute Gasteiger partial charge is 0.497 e. The summed E-state index contributed by atoms with van der Waals surface area (Å²) in [5.74, 6) is 1.31. The highest BCUT2D eigenvalue weighted by Gasteiger charge is 2.10. The van der Waals surface area contributed by atoms with E-state index in [-0.39, 0.29) is 24.5 Å². The summed E-state index contributed by atoms with van der Waals surface area (Å²) in [4.78, 5) is 24.0. The van der Waals surface area contributed by atoms with Crippen molar-refractivity contribution in [2.24, 2.45) is 0 Å². The molecule has 1 N–H and O–H groups in total. The third-order valence-corrected chi connectivity index (χ3v) is 4.16. The van der Waals surface area contributed by atoms with Gasteiger partial charge in [0, 0.05) is 18.4 Å². The fourth-order valence-electron chi connectivity index (χ4n) is 2.41. The van der Waals surface area contributed by atoms with E-state index < -0.39 is 0 Å². The molecule has 0 aliphatic heterocycles. The zero-order valence-corrected chi connectivity index (χ0v) is 15.5. The zero-order chi connectivity index (χ0) is 18.9. The average Bonchev–Trinajstić information content (AvgIpc) is 2.66. The van der Waals surface area contributed by atoms with Gasteiger partial charge in [-0.2, -0.15) is 0 Å². The third kappa shape index (κ3) is 5.92. The fourth-order valence-corrected chi connectivity index (χ4v) is 2.41. The summed E-state index contributed by atoms with van der Waals surface area (Å²) in [5.41, 5.74) is 2.89. The highest BCUT2D eigenvalue weighted by atomic mass is 16.5. The Hall–Kier alpha value is -2.82. The molecule has 0 saturated heterocycles. The van der Waals surface area contributed by atoms with Gasteiger partial charge in [0.2, 0.25) is 5.91 Å². The van der Waals surface area contributed by atoms with Gasteiger partial charge in [-0.25, -0.2) is 0 Å². The molecule has 5 heteroatoms. The van der Waals surface area contributed by atoms with E-state index in [0.29, 0.717) is 24.5 Å². The molecule has 0 bridgehead atoms. The Kier molecular flexibility index (Phi) is 7.21. The number of Topliss-reactive ketones (excluding diaryl/α,β-unsaturated/α-hetero) is 1. The van der Waals surface area contributed by atoms with Gasteiger partial charge in [0.25, 0.3) is 0 Å². The maximum Gasteiger partial charge on any atom is 0.220 e. The number of benzene rings is 2. The second-order valence-corrected chi connectivity index (χ2v) is 6.10. The second-order valence-electron chi connectivity index (χ2n) is 6.10. The Morgan fingerprint density at radius 2 is 1.62 bits per heavy atom. The van der Waals surface area contributed by atoms with Crippen molar-refractivity contribution < 1.29 is 19.1 Å². The van der Waals surface area contributed by atoms with Crippen LogP contribution in [0.4, 0.5) is 0 Å². The number of ketones is 1. The topological polar surface area (TPSA) is 64.6 Å². The minimum atomic E-state index is -0.152. The van der Waals surface area contributed by atoms with E-state index >= 15 is 0 Å². The first kappa shape index (κ1) is 19.5. The lowest BCUT2D eigenvalue weighted by Crippen LogP contribution is -2.28. The first-order chi connectivity index (χ1) is 12.5. The summed E-state index contributed by atoms with van der Waals surface area (Å²) >= 11 is 0. The van der Waals surface area contributed by atoms with Gasteiger partial charge in [0.1, 0.15) is 18.1 Å². The zero-order valence-electron chi connectivity index (χ0n) is 15.5. The van der Waals surface area contributed by atoms with Gasteiger partial charge < -0.3 is 14.8 Å². The molecule has 1 amide bonds. The van der Waals surface area contributed by atoms with Crippen molar-refractivity contribution in [2.45, 2.75) is 26.7 Å². The minimum absolute atomic E-state index is 0.0160.